The van der Waals surface area contributed by atoms with Gasteiger partial charge >= 0.3 is 0 Å². The first kappa shape index (κ1) is 14.2. The molecule has 0 spiro atoms. The molecule has 0 saturated carbocycles. The van der Waals surface area contributed by atoms with Crippen LogP contribution in [0, 0.1) is 0 Å². The standard InChI is InChI=1S/C11H16N4O2S2/c1-12-7-10-3-4-11(18-10)19(16,17)14-6-9-5-13-15(2)8-9/h3-5,8,12,14H,6-7H2,1-2H3. The van der Waals surface area contributed by atoms with Crippen LogP contribution < -0.4 is 10.0 Å². The Labute approximate surface area is 116 Å². The Morgan fingerprint density at radius 1 is 1.37 bits per heavy atom. The van der Waals surface area contributed by atoms with Gasteiger partial charge in [0.2, 0.25) is 10.0 Å². The zero-order valence-corrected chi connectivity index (χ0v) is 12.4. The summed E-state index contributed by atoms with van der Waals surface area (Å²) < 4.78 is 28.7. The molecular weight excluding hydrogens is 284 g/mol. The number of aromatic nitrogens is 2. The molecule has 2 N–H and O–H groups in total. The van der Waals surface area contributed by atoms with Crippen molar-refractivity contribution in [2.75, 3.05) is 7.05 Å². The van der Waals surface area contributed by atoms with Crippen molar-refractivity contribution in [1.82, 2.24) is 19.8 Å². The summed E-state index contributed by atoms with van der Waals surface area (Å²) in [5, 5.41) is 6.99. The molecule has 0 aliphatic heterocycles. The van der Waals surface area contributed by atoms with E-state index in [9.17, 15) is 8.42 Å². The summed E-state index contributed by atoms with van der Waals surface area (Å²) in [6, 6.07) is 3.45. The van der Waals surface area contributed by atoms with E-state index in [1.54, 1.807) is 30.2 Å². The fourth-order valence-electron chi connectivity index (χ4n) is 1.58. The fourth-order valence-corrected chi connectivity index (χ4v) is 4.01. The van der Waals surface area contributed by atoms with E-state index in [-0.39, 0.29) is 6.54 Å². The van der Waals surface area contributed by atoms with Gasteiger partial charge in [-0.2, -0.15) is 5.10 Å². The molecule has 0 aromatic carbocycles. The quantitative estimate of drug-likeness (QED) is 0.822. The lowest BCUT2D eigenvalue weighted by molar-refractivity contribution is 0.583. The second-order valence-electron chi connectivity index (χ2n) is 4.10. The van der Waals surface area contributed by atoms with E-state index in [2.05, 4.69) is 15.1 Å². The summed E-state index contributed by atoms with van der Waals surface area (Å²) in [5.74, 6) is 0. The van der Waals surface area contributed by atoms with Crippen molar-refractivity contribution in [3.8, 4) is 0 Å². The van der Waals surface area contributed by atoms with E-state index in [0.29, 0.717) is 10.8 Å². The fraction of sp³-hybridized carbons (Fsp3) is 0.364. The van der Waals surface area contributed by atoms with Crippen LogP contribution in [0.2, 0.25) is 0 Å². The molecule has 2 heterocycles. The van der Waals surface area contributed by atoms with Crippen LogP contribution in [0.3, 0.4) is 0 Å². The maximum atomic E-state index is 12.1. The number of sulfonamides is 1. The van der Waals surface area contributed by atoms with E-state index >= 15 is 0 Å². The Hall–Kier alpha value is -1.22. The first-order valence-corrected chi connectivity index (χ1v) is 8.02. The largest absolute Gasteiger partial charge is 0.315 e. The molecule has 6 nitrogen and oxygen atoms in total. The van der Waals surface area contributed by atoms with Gasteiger partial charge in [0.1, 0.15) is 4.21 Å². The number of hydrogen-bond acceptors (Lipinski definition) is 5. The molecule has 0 aliphatic rings. The Morgan fingerprint density at radius 2 is 2.16 bits per heavy atom. The first-order valence-electron chi connectivity index (χ1n) is 5.72. The van der Waals surface area contributed by atoms with E-state index < -0.39 is 10.0 Å². The summed E-state index contributed by atoms with van der Waals surface area (Å²) >= 11 is 1.27. The molecule has 19 heavy (non-hydrogen) atoms. The van der Waals surface area contributed by atoms with Gasteiger partial charge in [-0.15, -0.1) is 11.3 Å². The highest BCUT2D eigenvalue weighted by molar-refractivity contribution is 7.91. The van der Waals surface area contributed by atoms with Crippen LogP contribution in [-0.4, -0.2) is 25.2 Å². The monoisotopic (exact) mass is 300 g/mol. The zero-order chi connectivity index (χ0) is 13.9. The van der Waals surface area contributed by atoms with Gasteiger partial charge in [0.25, 0.3) is 0 Å². The molecule has 0 saturated heterocycles. The van der Waals surface area contributed by atoms with Gasteiger partial charge in [0.15, 0.2) is 0 Å². The van der Waals surface area contributed by atoms with Gasteiger partial charge in [0, 0.05) is 36.8 Å². The van der Waals surface area contributed by atoms with Crippen molar-refractivity contribution in [2.45, 2.75) is 17.3 Å². The van der Waals surface area contributed by atoms with Crippen LogP contribution in [0.4, 0.5) is 0 Å². The first-order chi connectivity index (χ1) is 9.01. The van der Waals surface area contributed by atoms with Crippen molar-refractivity contribution < 1.29 is 8.42 Å². The summed E-state index contributed by atoms with van der Waals surface area (Å²) in [6.45, 7) is 0.915. The molecule has 104 valence electrons. The third-order valence-corrected chi connectivity index (χ3v) is 5.46. The predicted octanol–water partition coefficient (Wildman–Crippen LogP) is 0.679. The van der Waals surface area contributed by atoms with E-state index in [1.165, 1.54) is 11.3 Å². The third kappa shape index (κ3) is 3.63. The van der Waals surface area contributed by atoms with E-state index in [4.69, 9.17) is 0 Å². The molecule has 2 aromatic rings. The van der Waals surface area contributed by atoms with Crippen molar-refractivity contribution in [3.63, 3.8) is 0 Å². The van der Waals surface area contributed by atoms with Gasteiger partial charge in [-0.1, -0.05) is 0 Å². The van der Waals surface area contributed by atoms with Crippen LogP contribution in [-0.2, 0) is 30.2 Å². The van der Waals surface area contributed by atoms with Crippen molar-refractivity contribution in [1.29, 1.82) is 0 Å². The zero-order valence-electron chi connectivity index (χ0n) is 10.8. The molecule has 0 amide bonds. The molecule has 8 heteroatoms. The van der Waals surface area contributed by atoms with Crippen LogP contribution in [0.15, 0.2) is 28.7 Å². The summed E-state index contributed by atoms with van der Waals surface area (Å²) in [4.78, 5) is 0.990. The molecule has 0 aliphatic carbocycles. The molecule has 2 rings (SSSR count). The topological polar surface area (TPSA) is 76.0 Å². The second kappa shape index (κ2) is 5.83. The highest BCUT2D eigenvalue weighted by Gasteiger charge is 2.16. The molecular formula is C11H16N4O2S2. The van der Waals surface area contributed by atoms with Crippen LogP contribution in [0.5, 0.6) is 0 Å². The Morgan fingerprint density at radius 3 is 2.79 bits per heavy atom. The third-order valence-electron chi connectivity index (χ3n) is 2.48. The summed E-state index contributed by atoms with van der Waals surface area (Å²) in [6.07, 6.45) is 3.42. The Bertz CT molecular complexity index is 645. The van der Waals surface area contributed by atoms with Gasteiger partial charge in [-0.25, -0.2) is 13.1 Å². The minimum Gasteiger partial charge on any atom is -0.315 e. The Balaban J connectivity index is 2.04. The van der Waals surface area contributed by atoms with Crippen molar-refractivity contribution >= 4 is 21.4 Å². The molecule has 0 radical (unpaired) electrons. The van der Waals surface area contributed by atoms with Gasteiger partial charge < -0.3 is 5.32 Å². The number of hydrogen-bond donors (Lipinski definition) is 2. The molecule has 0 bridgehead atoms. The lowest BCUT2D eigenvalue weighted by Crippen LogP contribution is -2.22. The highest BCUT2D eigenvalue weighted by atomic mass is 32.2. The number of nitrogens with zero attached hydrogens (tertiary/aromatic N) is 2. The number of nitrogens with one attached hydrogen (secondary N) is 2. The van der Waals surface area contributed by atoms with Crippen molar-refractivity contribution in [2.24, 2.45) is 7.05 Å². The number of thiophene rings is 1. The maximum Gasteiger partial charge on any atom is 0.250 e. The molecule has 0 fully saturated rings. The minimum atomic E-state index is -3.44. The van der Waals surface area contributed by atoms with Crippen LogP contribution in [0.1, 0.15) is 10.4 Å². The predicted molar refractivity (Wildman–Crippen MR) is 74.3 cm³/mol. The van der Waals surface area contributed by atoms with Gasteiger partial charge in [-0.05, 0) is 19.2 Å². The van der Waals surface area contributed by atoms with E-state index in [0.717, 1.165) is 10.4 Å². The van der Waals surface area contributed by atoms with Crippen LogP contribution >= 0.6 is 11.3 Å². The SMILES string of the molecule is CNCc1ccc(S(=O)(=O)NCc2cnn(C)c2)s1. The average Bonchev–Trinajstić information content (AvgIpc) is 2.97. The highest BCUT2D eigenvalue weighted by Crippen LogP contribution is 2.21. The molecule has 0 unspecified atom stereocenters. The Kier molecular flexibility index (Phi) is 4.35. The second-order valence-corrected chi connectivity index (χ2v) is 7.26. The molecule has 0 atom stereocenters. The smallest absolute Gasteiger partial charge is 0.250 e. The van der Waals surface area contributed by atoms with Gasteiger partial charge in [0.05, 0.1) is 6.20 Å². The van der Waals surface area contributed by atoms with Gasteiger partial charge in [-0.3, -0.25) is 4.68 Å². The lowest BCUT2D eigenvalue weighted by atomic mass is 10.4. The summed E-state index contributed by atoms with van der Waals surface area (Å²) in [7, 11) is 0.178. The lowest BCUT2D eigenvalue weighted by Gasteiger charge is -2.02. The number of aryl methyl sites for hydroxylation is 1. The maximum absolute atomic E-state index is 12.1. The van der Waals surface area contributed by atoms with Crippen molar-refractivity contribution in [3.05, 3.63) is 35.0 Å². The minimum absolute atomic E-state index is 0.245. The van der Waals surface area contributed by atoms with Crippen LogP contribution in [0.25, 0.3) is 0 Å². The van der Waals surface area contributed by atoms with E-state index in [1.807, 2.05) is 13.1 Å². The molecule has 2 aromatic heterocycles. The summed E-state index contributed by atoms with van der Waals surface area (Å²) in [5.41, 5.74) is 0.832. The normalized spacial score (nSPS) is 11.9. The average molecular weight is 300 g/mol. The number of rotatable bonds is 6.